The lowest BCUT2D eigenvalue weighted by atomic mass is 10.1. The van der Waals surface area contributed by atoms with Crippen molar-refractivity contribution in [3.8, 4) is 0 Å². The largest absolute Gasteiger partial charge is 0.372 e. The molecule has 0 amide bonds. The van der Waals surface area contributed by atoms with Crippen molar-refractivity contribution in [2.45, 2.75) is 42.1 Å². The number of hydrogen-bond donors (Lipinski definition) is 1. The number of para-hydroxylation sites is 1. The quantitative estimate of drug-likeness (QED) is 0.439. The number of thiocarbonyl (C=S) groups is 1. The highest BCUT2D eigenvalue weighted by Gasteiger charge is 2.29. The number of likely N-dealkylation sites (tertiary alicyclic amines) is 1. The van der Waals surface area contributed by atoms with Crippen molar-refractivity contribution in [3.63, 3.8) is 0 Å². The van der Waals surface area contributed by atoms with E-state index in [4.69, 9.17) is 12.2 Å². The molecular formula is C27H29N3S2. The average Bonchev–Trinajstić information content (AvgIpc) is 3.34. The summed E-state index contributed by atoms with van der Waals surface area (Å²) in [4.78, 5) is 8.55. The Bertz CT molecular complexity index is 1090. The summed E-state index contributed by atoms with van der Waals surface area (Å²) in [7, 11) is 0. The van der Waals surface area contributed by atoms with Crippen molar-refractivity contribution in [1.82, 2.24) is 10.2 Å². The highest BCUT2D eigenvalue weighted by molar-refractivity contribution is 7.99. The van der Waals surface area contributed by atoms with Gasteiger partial charge in [-0.2, -0.15) is 0 Å². The molecule has 0 aliphatic carbocycles. The lowest BCUT2D eigenvalue weighted by molar-refractivity contribution is 0.319. The Morgan fingerprint density at radius 3 is 2.47 bits per heavy atom. The van der Waals surface area contributed by atoms with Gasteiger partial charge < -0.3 is 15.1 Å². The Balaban J connectivity index is 1.42. The molecule has 0 radical (unpaired) electrons. The molecule has 0 spiro atoms. The average molecular weight is 460 g/mol. The minimum Gasteiger partial charge on any atom is -0.372 e. The first kappa shape index (κ1) is 21.5. The molecule has 3 aromatic carbocycles. The van der Waals surface area contributed by atoms with Gasteiger partial charge in [0.15, 0.2) is 0 Å². The molecule has 3 aromatic rings. The number of nitrogens with zero attached hydrogens (tertiary/aromatic N) is 2. The Hall–Kier alpha value is -2.34. The van der Waals surface area contributed by atoms with Crippen LogP contribution in [-0.4, -0.2) is 35.6 Å². The zero-order valence-electron chi connectivity index (χ0n) is 18.5. The fourth-order valence-corrected chi connectivity index (χ4v) is 5.95. The molecule has 1 N–H and O–H groups in total. The van der Waals surface area contributed by atoms with Gasteiger partial charge in [-0.25, -0.2) is 0 Å². The maximum Gasteiger partial charge on any atom is 0.106 e. The zero-order valence-corrected chi connectivity index (χ0v) is 20.1. The van der Waals surface area contributed by atoms with E-state index < -0.39 is 0 Å². The van der Waals surface area contributed by atoms with Gasteiger partial charge in [-0.05, 0) is 62.7 Å². The summed E-state index contributed by atoms with van der Waals surface area (Å²) in [6.07, 6.45) is 2.64. The number of fused-ring (bicyclic) bond motifs is 2. The van der Waals surface area contributed by atoms with E-state index in [2.05, 4.69) is 88.8 Å². The van der Waals surface area contributed by atoms with Crippen LogP contribution in [0.1, 0.15) is 30.9 Å². The standard InChI is InChI=1S/C27H29N3S2/c1-20(19-29-15-7-8-16-29)30-23-11-5-6-12-25(23)32-26-14-13-22(17-24(26)30)27(31)28-18-21-9-3-2-4-10-21/h2-6,9-14,17,20H,7-8,15-16,18-19H2,1H3,(H,28,31). The van der Waals surface area contributed by atoms with E-state index in [0.717, 1.165) is 23.6 Å². The van der Waals surface area contributed by atoms with Crippen LogP contribution in [0.5, 0.6) is 0 Å². The predicted octanol–water partition coefficient (Wildman–Crippen LogP) is 6.24. The van der Waals surface area contributed by atoms with Gasteiger partial charge in [0, 0.05) is 34.5 Å². The Labute approximate surface area is 200 Å². The van der Waals surface area contributed by atoms with Gasteiger partial charge in [0.1, 0.15) is 4.99 Å². The second kappa shape index (κ2) is 9.65. The summed E-state index contributed by atoms with van der Waals surface area (Å²) in [6, 6.07) is 26.2. The molecule has 0 aromatic heterocycles. The minimum absolute atomic E-state index is 0.384. The number of hydrogen-bond acceptors (Lipinski definition) is 4. The number of benzene rings is 3. The molecule has 1 fully saturated rings. The maximum atomic E-state index is 5.78. The molecule has 3 nitrogen and oxygen atoms in total. The van der Waals surface area contributed by atoms with E-state index in [-0.39, 0.29) is 0 Å². The van der Waals surface area contributed by atoms with Crippen LogP contribution in [0.3, 0.4) is 0 Å². The molecule has 2 aliphatic heterocycles. The van der Waals surface area contributed by atoms with Gasteiger partial charge in [0.2, 0.25) is 0 Å². The highest BCUT2D eigenvalue weighted by Crippen LogP contribution is 2.49. The maximum absolute atomic E-state index is 5.78. The first-order chi connectivity index (χ1) is 15.7. The van der Waals surface area contributed by atoms with Crippen molar-refractivity contribution < 1.29 is 0 Å². The lowest BCUT2D eigenvalue weighted by Crippen LogP contribution is -2.40. The van der Waals surface area contributed by atoms with Crippen molar-refractivity contribution in [2.75, 3.05) is 24.5 Å². The molecule has 1 atom stereocenters. The van der Waals surface area contributed by atoms with Crippen LogP contribution in [0.2, 0.25) is 0 Å². The number of rotatable bonds is 6. The fourth-order valence-electron chi connectivity index (χ4n) is 4.70. The first-order valence-corrected chi connectivity index (χ1v) is 12.7. The number of nitrogens with one attached hydrogen (secondary N) is 1. The molecule has 1 saturated heterocycles. The van der Waals surface area contributed by atoms with Gasteiger partial charge in [0.05, 0.1) is 11.4 Å². The third-order valence-electron chi connectivity index (χ3n) is 6.28. The van der Waals surface area contributed by atoms with Gasteiger partial charge >= 0.3 is 0 Å². The molecule has 0 saturated carbocycles. The topological polar surface area (TPSA) is 18.5 Å². The summed E-state index contributed by atoms with van der Waals surface area (Å²) in [5.74, 6) is 0. The smallest absolute Gasteiger partial charge is 0.106 e. The van der Waals surface area contributed by atoms with E-state index in [1.807, 2.05) is 17.8 Å². The van der Waals surface area contributed by atoms with Gasteiger partial charge in [0.25, 0.3) is 0 Å². The van der Waals surface area contributed by atoms with Crippen LogP contribution in [0.15, 0.2) is 82.6 Å². The normalized spacial score (nSPS) is 16.3. The third-order valence-corrected chi connectivity index (χ3v) is 7.79. The summed E-state index contributed by atoms with van der Waals surface area (Å²) >= 11 is 7.64. The highest BCUT2D eigenvalue weighted by atomic mass is 32.2. The Morgan fingerprint density at radius 1 is 0.938 bits per heavy atom. The summed E-state index contributed by atoms with van der Waals surface area (Å²) in [5, 5.41) is 3.44. The van der Waals surface area contributed by atoms with E-state index in [9.17, 15) is 0 Å². The summed E-state index contributed by atoms with van der Waals surface area (Å²) < 4.78 is 0. The molecule has 2 aliphatic rings. The van der Waals surface area contributed by atoms with Crippen LogP contribution in [-0.2, 0) is 6.54 Å². The lowest BCUT2D eigenvalue weighted by Gasteiger charge is -2.39. The Kier molecular flexibility index (Phi) is 6.49. The van der Waals surface area contributed by atoms with E-state index in [0.29, 0.717) is 6.04 Å². The van der Waals surface area contributed by atoms with Crippen LogP contribution < -0.4 is 10.2 Å². The molecule has 32 heavy (non-hydrogen) atoms. The molecule has 0 bridgehead atoms. The van der Waals surface area contributed by atoms with Crippen molar-refractivity contribution >= 4 is 40.3 Å². The second-order valence-corrected chi connectivity index (χ2v) is 10.1. The SMILES string of the molecule is CC(CN1CCCC1)N1c2ccccc2Sc2ccc(C(=S)NCc3ccccc3)cc21. The van der Waals surface area contributed by atoms with Gasteiger partial charge in [-0.1, -0.05) is 72.5 Å². The first-order valence-electron chi connectivity index (χ1n) is 11.4. The van der Waals surface area contributed by atoms with Crippen molar-refractivity contribution in [1.29, 1.82) is 0 Å². The molecule has 2 heterocycles. The number of anilines is 2. The molecular weight excluding hydrogens is 430 g/mol. The van der Waals surface area contributed by atoms with Crippen molar-refractivity contribution in [3.05, 3.63) is 83.9 Å². The summed E-state index contributed by atoms with van der Waals surface area (Å²) in [6.45, 7) is 6.61. The Morgan fingerprint density at radius 2 is 1.66 bits per heavy atom. The van der Waals surface area contributed by atoms with E-state index >= 15 is 0 Å². The second-order valence-electron chi connectivity index (χ2n) is 8.65. The van der Waals surface area contributed by atoms with E-state index in [1.54, 1.807) is 0 Å². The van der Waals surface area contributed by atoms with Crippen LogP contribution in [0, 0.1) is 0 Å². The fraction of sp³-hybridized carbons (Fsp3) is 0.296. The zero-order chi connectivity index (χ0) is 21.9. The summed E-state index contributed by atoms with van der Waals surface area (Å²) in [5.41, 5.74) is 4.88. The molecule has 5 heteroatoms. The third kappa shape index (κ3) is 4.56. The van der Waals surface area contributed by atoms with E-state index in [1.165, 1.54) is 52.7 Å². The van der Waals surface area contributed by atoms with Crippen LogP contribution in [0.25, 0.3) is 0 Å². The molecule has 164 valence electrons. The minimum atomic E-state index is 0.384. The van der Waals surface area contributed by atoms with Gasteiger partial charge in [-0.3, -0.25) is 0 Å². The monoisotopic (exact) mass is 459 g/mol. The molecule has 5 rings (SSSR count). The van der Waals surface area contributed by atoms with Gasteiger partial charge in [-0.15, -0.1) is 0 Å². The molecule has 1 unspecified atom stereocenters. The van der Waals surface area contributed by atoms with Crippen LogP contribution in [0.4, 0.5) is 11.4 Å². The predicted molar refractivity (Wildman–Crippen MR) is 139 cm³/mol. The van der Waals surface area contributed by atoms with Crippen molar-refractivity contribution in [2.24, 2.45) is 0 Å². The van der Waals surface area contributed by atoms with Crippen LogP contribution >= 0.6 is 24.0 Å².